The molecule has 0 atom stereocenters. The maximum Gasteiger partial charge on any atom is 0.340 e. The number of aromatic nitrogens is 2. The van der Waals surface area contributed by atoms with Crippen molar-refractivity contribution in [2.24, 2.45) is 0 Å². The number of H-pyrrole nitrogens is 1. The number of carbonyl (C=O) groups excluding carboxylic acids is 2. The molecule has 1 aromatic carbocycles. The molecule has 0 unspecified atom stereocenters. The number of hydrogen-bond acceptors (Lipinski definition) is 6. The third-order valence-electron chi connectivity index (χ3n) is 4.75. The lowest BCUT2D eigenvalue weighted by Crippen LogP contribution is -2.24. The molecule has 3 aromatic rings. The molecule has 3 rings (SSSR count). The summed E-state index contributed by atoms with van der Waals surface area (Å²) in [5.74, 6) is -0.789. The molecule has 9 heteroatoms. The average molecular weight is 462 g/mol. The first-order chi connectivity index (χ1) is 14.8. The van der Waals surface area contributed by atoms with Crippen molar-refractivity contribution in [2.45, 2.75) is 27.3 Å². The van der Waals surface area contributed by atoms with Crippen molar-refractivity contribution in [1.29, 1.82) is 0 Å². The smallest absolute Gasteiger partial charge is 0.340 e. The Labute approximate surface area is 189 Å². The SMILES string of the molecule is COCCOC(=O)c1c(C)[nH]c(C(=O)NCc2nc(-c3ccc(Cl)cc3)c(C)s2)c1C. The van der Waals surface area contributed by atoms with E-state index in [-0.39, 0.29) is 19.1 Å². The molecule has 0 spiro atoms. The summed E-state index contributed by atoms with van der Waals surface area (Å²) in [6.45, 7) is 6.19. The fraction of sp³-hybridized carbons (Fsp3) is 0.318. The largest absolute Gasteiger partial charge is 0.460 e. The van der Waals surface area contributed by atoms with Crippen molar-refractivity contribution in [3.63, 3.8) is 0 Å². The number of amides is 1. The van der Waals surface area contributed by atoms with Crippen molar-refractivity contribution in [1.82, 2.24) is 15.3 Å². The number of thiazole rings is 1. The Hall–Kier alpha value is -2.68. The Morgan fingerprint density at radius 2 is 1.87 bits per heavy atom. The van der Waals surface area contributed by atoms with E-state index < -0.39 is 5.97 Å². The first-order valence-electron chi connectivity index (χ1n) is 9.67. The van der Waals surface area contributed by atoms with E-state index in [1.54, 1.807) is 13.8 Å². The van der Waals surface area contributed by atoms with Crippen LogP contribution in [-0.4, -0.2) is 42.2 Å². The second-order valence-electron chi connectivity index (χ2n) is 6.96. The highest BCUT2D eigenvalue weighted by atomic mass is 35.5. The van der Waals surface area contributed by atoms with Crippen molar-refractivity contribution in [2.75, 3.05) is 20.3 Å². The number of hydrogen-bond donors (Lipinski definition) is 2. The summed E-state index contributed by atoms with van der Waals surface area (Å²) in [6.07, 6.45) is 0. The van der Waals surface area contributed by atoms with E-state index in [1.165, 1.54) is 18.4 Å². The van der Waals surface area contributed by atoms with Gasteiger partial charge in [-0.1, -0.05) is 23.7 Å². The van der Waals surface area contributed by atoms with Crippen molar-refractivity contribution >= 4 is 34.8 Å². The van der Waals surface area contributed by atoms with Crippen LogP contribution >= 0.6 is 22.9 Å². The first-order valence-corrected chi connectivity index (χ1v) is 10.9. The summed E-state index contributed by atoms with van der Waals surface area (Å²) in [5, 5.41) is 4.33. The van der Waals surface area contributed by atoms with E-state index >= 15 is 0 Å². The van der Waals surface area contributed by atoms with E-state index in [4.69, 9.17) is 21.1 Å². The van der Waals surface area contributed by atoms with E-state index in [2.05, 4.69) is 15.3 Å². The molecule has 2 heterocycles. The van der Waals surface area contributed by atoms with Crippen LogP contribution in [0.2, 0.25) is 5.02 Å². The molecule has 2 aromatic heterocycles. The van der Waals surface area contributed by atoms with Crippen LogP contribution in [0.4, 0.5) is 0 Å². The van der Waals surface area contributed by atoms with Crippen LogP contribution in [0.1, 0.15) is 42.0 Å². The lowest BCUT2D eigenvalue weighted by Gasteiger charge is -2.05. The molecule has 0 saturated heterocycles. The maximum atomic E-state index is 12.7. The second kappa shape index (κ2) is 10.1. The minimum Gasteiger partial charge on any atom is -0.460 e. The Bertz CT molecular complexity index is 1090. The van der Waals surface area contributed by atoms with Gasteiger partial charge in [0.2, 0.25) is 0 Å². The Morgan fingerprint density at radius 1 is 1.16 bits per heavy atom. The van der Waals surface area contributed by atoms with Crippen LogP contribution < -0.4 is 5.32 Å². The predicted molar refractivity (Wildman–Crippen MR) is 121 cm³/mol. The number of benzene rings is 1. The maximum absolute atomic E-state index is 12.7. The number of aromatic amines is 1. The van der Waals surface area contributed by atoms with Gasteiger partial charge in [-0.25, -0.2) is 9.78 Å². The zero-order chi connectivity index (χ0) is 22.5. The summed E-state index contributed by atoms with van der Waals surface area (Å²) in [6, 6.07) is 7.49. The van der Waals surface area contributed by atoms with Crippen molar-refractivity contribution < 1.29 is 19.1 Å². The van der Waals surface area contributed by atoms with Crippen LogP contribution in [0.25, 0.3) is 11.3 Å². The van der Waals surface area contributed by atoms with Crippen molar-refractivity contribution in [3.8, 4) is 11.3 Å². The second-order valence-corrected chi connectivity index (χ2v) is 8.68. The minimum absolute atomic E-state index is 0.153. The molecule has 0 aliphatic carbocycles. The molecule has 0 fully saturated rings. The molecule has 0 saturated carbocycles. The zero-order valence-corrected chi connectivity index (χ0v) is 19.4. The highest BCUT2D eigenvalue weighted by Gasteiger charge is 2.23. The van der Waals surface area contributed by atoms with Gasteiger partial charge in [-0.05, 0) is 38.5 Å². The summed E-state index contributed by atoms with van der Waals surface area (Å²) < 4.78 is 10.1. The normalized spacial score (nSPS) is 10.9. The summed E-state index contributed by atoms with van der Waals surface area (Å²) in [5.41, 5.74) is 3.69. The number of ether oxygens (including phenoxy) is 2. The van der Waals surface area contributed by atoms with Gasteiger partial charge in [0.1, 0.15) is 17.3 Å². The first kappa shape index (κ1) is 23.0. The van der Waals surface area contributed by atoms with E-state index in [0.29, 0.717) is 34.1 Å². The molecular weight excluding hydrogens is 438 g/mol. The molecule has 0 radical (unpaired) electrons. The number of esters is 1. The Morgan fingerprint density at radius 3 is 2.55 bits per heavy atom. The third kappa shape index (κ3) is 5.33. The van der Waals surface area contributed by atoms with Crippen LogP contribution in [0, 0.1) is 20.8 Å². The fourth-order valence-corrected chi connectivity index (χ4v) is 4.24. The van der Waals surface area contributed by atoms with Gasteiger partial charge < -0.3 is 19.8 Å². The van der Waals surface area contributed by atoms with Crippen LogP contribution in [0.3, 0.4) is 0 Å². The molecule has 0 aliphatic heterocycles. The zero-order valence-electron chi connectivity index (χ0n) is 17.8. The number of methoxy groups -OCH3 is 1. The monoisotopic (exact) mass is 461 g/mol. The predicted octanol–water partition coefficient (Wildman–Crippen LogP) is 4.45. The number of nitrogens with zero attached hydrogens (tertiary/aromatic N) is 1. The summed E-state index contributed by atoms with van der Waals surface area (Å²) in [7, 11) is 1.53. The van der Waals surface area contributed by atoms with E-state index in [9.17, 15) is 9.59 Å². The van der Waals surface area contributed by atoms with Gasteiger partial charge in [0.25, 0.3) is 5.91 Å². The third-order valence-corrected chi connectivity index (χ3v) is 5.97. The molecular formula is C22H24ClN3O4S. The van der Waals surface area contributed by atoms with Gasteiger partial charge in [0.15, 0.2) is 0 Å². The van der Waals surface area contributed by atoms with Gasteiger partial charge in [0.05, 0.1) is 24.4 Å². The number of nitrogens with one attached hydrogen (secondary N) is 2. The van der Waals surface area contributed by atoms with Gasteiger partial charge in [-0.2, -0.15) is 0 Å². The molecule has 7 nitrogen and oxygen atoms in total. The van der Waals surface area contributed by atoms with Gasteiger partial charge in [-0.3, -0.25) is 4.79 Å². The quantitative estimate of drug-likeness (QED) is 0.382. The lowest BCUT2D eigenvalue weighted by molar-refractivity contribution is 0.0387. The summed E-state index contributed by atoms with van der Waals surface area (Å²) in [4.78, 5) is 33.8. The minimum atomic E-state index is -0.481. The van der Waals surface area contributed by atoms with Gasteiger partial charge in [-0.15, -0.1) is 11.3 Å². The number of aryl methyl sites for hydroxylation is 2. The van der Waals surface area contributed by atoms with Crippen molar-refractivity contribution in [3.05, 3.63) is 61.7 Å². The highest BCUT2D eigenvalue weighted by molar-refractivity contribution is 7.12. The molecule has 0 aliphatic rings. The van der Waals surface area contributed by atoms with Crippen LogP contribution in [0.15, 0.2) is 24.3 Å². The van der Waals surface area contributed by atoms with Gasteiger partial charge in [0, 0.05) is 28.3 Å². The van der Waals surface area contributed by atoms with Crippen LogP contribution in [0.5, 0.6) is 0 Å². The molecule has 164 valence electrons. The average Bonchev–Trinajstić information content (AvgIpc) is 3.25. The number of rotatable bonds is 8. The molecule has 31 heavy (non-hydrogen) atoms. The molecule has 0 bridgehead atoms. The van der Waals surface area contributed by atoms with Gasteiger partial charge >= 0.3 is 5.97 Å². The summed E-state index contributed by atoms with van der Waals surface area (Å²) >= 11 is 7.49. The standard InChI is InChI=1S/C22H24ClN3O4S/c1-12-18(22(28)30-10-9-29-4)13(2)25-19(12)21(27)24-11-17-26-20(14(3)31-17)15-5-7-16(23)8-6-15/h5-8,25H,9-11H2,1-4H3,(H,24,27). The van der Waals surface area contributed by atoms with E-state index in [1.807, 2.05) is 31.2 Å². The van der Waals surface area contributed by atoms with E-state index in [0.717, 1.165) is 21.1 Å². The van der Waals surface area contributed by atoms with Crippen LogP contribution in [-0.2, 0) is 16.0 Å². The topological polar surface area (TPSA) is 93.3 Å². The fourth-order valence-electron chi connectivity index (χ4n) is 3.22. The molecule has 2 N–H and O–H groups in total. The Balaban J connectivity index is 1.69. The lowest BCUT2D eigenvalue weighted by atomic mass is 10.1. The number of halogens is 1. The Kier molecular flexibility index (Phi) is 7.48. The number of carbonyl (C=O) groups is 2. The highest BCUT2D eigenvalue weighted by Crippen LogP contribution is 2.28. The molecule has 1 amide bonds.